The van der Waals surface area contributed by atoms with Crippen molar-refractivity contribution in [1.82, 2.24) is 9.88 Å². The molecule has 2 aliphatic heterocycles. The van der Waals surface area contributed by atoms with Gasteiger partial charge in [-0.3, -0.25) is 4.79 Å². The number of aromatic nitrogens is 1. The van der Waals surface area contributed by atoms with Crippen molar-refractivity contribution in [3.63, 3.8) is 0 Å². The summed E-state index contributed by atoms with van der Waals surface area (Å²) in [5.74, 6) is 0.314. The van der Waals surface area contributed by atoms with Gasteiger partial charge in [-0.2, -0.15) is 0 Å². The third kappa shape index (κ3) is 4.49. The fourth-order valence-corrected chi connectivity index (χ4v) is 4.00. The van der Waals surface area contributed by atoms with E-state index in [0.29, 0.717) is 42.8 Å². The van der Waals surface area contributed by atoms with Gasteiger partial charge in [0.05, 0.1) is 18.8 Å². The Morgan fingerprint density at radius 2 is 2.00 bits per heavy atom. The van der Waals surface area contributed by atoms with Gasteiger partial charge in [-0.05, 0) is 37.1 Å². The second-order valence-electron chi connectivity index (χ2n) is 7.68. The molecule has 154 valence electrons. The minimum atomic E-state index is -0.0456. The van der Waals surface area contributed by atoms with E-state index in [4.69, 9.17) is 21.1 Å². The van der Waals surface area contributed by atoms with E-state index < -0.39 is 0 Å². The molecule has 1 unspecified atom stereocenters. The number of aryl methyl sites for hydroxylation is 2. The highest BCUT2D eigenvalue weighted by molar-refractivity contribution is 6.32. The third-order valence-electron chi connectivity index (χ3n) is 5.49. The van der Waals surface area contributed by atoms with E-state index in [1.807, 2.05) is 4.90 Å². The maximum Gasteiger partial charge on any atom is 0.255 e. The van der Waals surface area contributed by atoms with Gasteiger partial charge < -0.3 is 19.3 Å². The van der Waals surface area contributed by atoms with Gasteiger partial charge in [0.2, 0.25) is 5.88 Å². The first-order chi connectivity index (χ1) is 14.0. The molecule has 1 aromatic heterocycles. The lowest BCUT2D eigenvalue weighted by molar-refractivity contribution is 0.0746. The molecule has 1 atom stereocenters. The van der Waals surface area contributed by atoms with Crippen molar-refractivity contribution in [2.45, 2.75) is 26.4 Å². The topological polar surface area (TPSA) is 54.9 Å². The molecule has 2 saturated heterocycles. The summed E-state index contributed by atoms with van der Waals surface area (Å²) in [6.45, 7) is 8.41. The first kappa shape index (κ1) is 20.0. The van der Waals surface area contributed by atoms with Crippen molar-refractivity contribution in [1.29, 1.82) is 0 Å². The standard InChI is InChI=1S/C22H26ClN3O3/c1-15-3-4-16(2)20(11-15)25-6-8-26(9-7-25)22(27)17-12-19(23)21(24-13-17)29-18-5-10-28-14-18/h3-4,11-13,18H,5-10,14H2,1-2H3. The fraction of sp³-hybridized carbons (Fsp3) is 0.455. The number of halogens is 1. The van der Waals surface area contributed by atoms with Crippen molar-refractivity contribution < 1.29 is 14.3 Å². The number of ether oxygens (including phenoxy) is 2. The number of rotatable bonds is 4. The fourth-order valence-electron chi connectivity index (χ4n) is 3.79. The molecule has 7 heteroatoms. The lowest BCUT2D eigenvalue weighted by Gasteiger charge is -2.37. The van der Waals surface area contributed by atoms with Gasteiger partial charge in [-0.1, -0.05) is 23.7 Å². The lowest BCUT2D eigenvalue weighted by Crippen LogP contribution is -2.49. The van der Waals surface area contributed by atoms with Crippen LogP contribution < -0.4 is 9.64 Å². The van der Waals surface area contributed by atoms with Gasteiger partial charge in [-0.15, -0.1) is 0 Å². The van der Waals surface area contributed by atoms with Crippen LogP contribution in [0.15, 0.2) is 30.5 Å². The number of pyridine rings is 1. The Balaban J connectivity index is 1.39. The Morgan fingerprint density at radius 3 is 2.69 bits per heavy atom. The zero-order valence-corrected chi connectivity index (χ0v) is 17.6. The molecule has 4 rings (SSSR count). The van der Waals surface area contributed by atoms with Gasteiger partial charge in [0.1, 0.15) is 11.1 Å². The number of piperazine rings is 1. The van der Waals surface area contributed by atoms with Crippen LogP contribution in [0.5, 0.6) is 5.88 Å². The number of carbonyl (C=O) groups is 1. The molecule has 0 saturated carbocycles. The van der Waals surface area contributed by atoms with Crippen molar-refractivity contribution >= 4 is 23.2 Å². The summed E-state index contributed by atoms with van der Waals surface area (Å²) in [6, 6.07) is 8.14. The minimum Gasteiger partial charge on any atom is -0.471 e. The number of anilines is 1. The molecular weight excluding hydrogens is 390 g/mol. The molecule has 0 spiro atoms. The zero-order valence-electron chi connectivity index (χ0n) is 16.9. The molecule has 0 N–H and O–H groups in total. The summed E-state index contributed by atoms with van der Waals surface area (Å²) >= 11 is 6.32. The van der Waals surface area contributed by atoms with Crippen LogP contribution in [0, 0.1) is 13.8 Å². The number of hydrogen-bond donors (Lipinski definition) is 0. The van der Waals surface area contributed by atoms with E-state index in [2.05, 4.69) is 41.9 Å². The smallest absolute Gasteiger partial charge is 0.255 e. The Morgan fingerprint density at radius 1 is 1.21 bits per heavy atom. The van der Waals surface area contributed by atoms with E-state index in [1.165, 1.54) is 16.8 Å². The average molecular weight is 416 g/mol. The van der Waals surface area contributed by atoms with E-state index in [1.54, 1.807) is 12.3 Å². The number of hydrogen-bond acceptors (Lipinski definition) is 5. The Kier molecular flexibility index (Phi) is 5.92. The maximum absolute atomic E-state index is 12.9. The Hall–Kier alpha value is -2.31. The van der Waals surface area contributed by atoms with Gasteiger partial charge >= 0.3 is 0 Å². The molecular formula is C22H26ClN3O3. The highest BCUT2D eigenvalue weighted by atomic mass is 35.5. The van der Waals surface area contributed by atoms with Gasteiger partial charge in [0.25, 0.3) is 5.91 Å². The van der Waals surface area contributed by atoms with Crippen LogP contribution in [0.25, 0.3) is 0 Å². The minimum absolute atomic E-state index is 0.0280. The number of amides is 1. The van der Waals surface area contributed by atoms with Crippen LogP contribution in [0.1, 0.15) is 27.9 Å². The van der Waals surface area contributed by atoms with Crippen molar-refractivity contribution in [2.75, 3.05) is 44.3 Å². The second-order valence-corrected chi connectivity index (χ2v) is 8.09. The summed E-state index contributed by atoms with van der Waals surface area (Å²) in [5, 5.41) is 0.358. The predicted octanol–water partition coefficient (Wildman–Crippen LogP) is 3.48. The zero-order chi connectivity index (χ0) is 20.4. The molecule has 0 radical (unpaired) electrons. The van der Waals surface area contributed by atoms with Crippen LogP contribution in [-0.4, -0.2) is 61.3 Å². The van der Waals surface area contributed by atoms with Crippen LogP contribution in [-0.2, 0) is 4.74 Å². The molecule has 3 heterocycles. The highest BCUT2D eigenvalue weighted by Gasteiger charge is 2.25. The SMILES string of the molecule is Cc1ccc(C)c(N2CCN(C(=O)c3cnc(OC4CCOC4)c(Cl)c3)CC2)c1. The monoisotopic (exact) mass is 415 g/mol. The van der Waals surface area contributed by atoms with Crippen molar-refractivity contribution in [3.8, 4) is 5.88 Å². The molecule has 0 bridgehead atoms. The molecule has 2 aliphatic rings. The molecule has 2 fully saturated rings. The quantitative estimate of drug-likeness (QED) is 0.765. The summed E-state index contributed by atoms with van der Waals surface area (Å²) in [5.41, 5.74) is 4.25. The first-order valence-electron chi connectivity index (χ1n) is 10.0. The number of carbonyl (C=O) groups excluding carboxylic acids is 1. The molecule has 0 aliphatic carbocycles. The molecule has 1 aromatic carbocycles. The lowest BCUT2D eigenvalue weighted by atomic mass is 10.1. The van der Waals surface area contributed by atoms with Crippen LogP contribution >= 0.6 is 11.6 Å². The van der Waals surface area contributed by atoms with Crippen LogP contribution in [0.2, 0.25) is 5.02 Å². The van der Waals surface area contributed by atoms with Crippen LogP contribution in [0.3, 0.4) is 0 Å². The molecule has 1 amide bonds. The normalized spacial score (nSPS) is 19.5. The summed E-state index contributed by atoms with van der Waals surface area (Å²) < 4.78 is 11.1. The van der Waals surface area contributed by atoms with Crippen LogP contribution in [0.4, 0.5) is 5.69 Å². The van der Waals surface area contributed by atoms with Crippen molar-refractivity contribution in [2.24, 2.45) is 0 Å². The Bertz CT molecular complexity index is 891. The first-order valence-corrected chi connectivity index (χ1v) is 10.4. The van der Waals surface area contributed by atoms with Gasteiger partial charge in [-0.25, -0.2) is 4.98 Å². The second kappa shape index (κ2) is 8.59. The van der Waals surface area contributed by atoms with E-state index in [0.717, 1.165) is 19.5 Å². The number of benzene rings is 1. The maximum atomic E-state index is 12.9. The predicted molar refractivity (Wildman–Crippen MR) is 113 cm³/mol. The van der Waals surface area contributed by atoms with Gasteiger partial charge in [0.15, 0.2) is 0 Å². The van der Waals surface area contributed by atoms with E-state index in [9.17, 15) is 4.79 Å². The third-order valence-corrected chi connectivity index (χ3v) is 5.76. The van der Waals surface area contributed by atoms with Crippen molar-refractivity contribution in [3.05, 3.63) is 52.2 Å². The van der Waals surface area contributed by atoms with Gasteiger partial charge in [0, 0.05) is 44.5 Å². The summed E-state index contributed by atoms with van der Waals surface area (Å²) in [7, 11) is 0. The van der Waals surface area contributed by atoms with E-state index in [-0.39, 0.29) is 12.0 Å². The molecule has 29 heavy (non-hydrogen) atoms. The molecule has 2 aromatic rings. The largest absolute Gasteiger partial charge is 0.471 e. The number of nitrogens with zero attached hydrogens (tertiary/aromatic N) is 3. The Labute approximate surface area is 176 Å². The molecule has 6 nitrogen and oxygen atoms in total. The average Bonchev–Trinajstić information content (AvgIpc) is 3.24. The van der Waals surface area contributed by atoms with E-state index >= 15 is 0 Å². The highest BCUT2D eigenvalue weighted by Crippen LogP contribution is 2.27. The summed E-state index contributed by atoms with van der Waals surface area (Å²) in [6.07, 6.45) is 2.35. The summed E-state index contributed by atoms with van der Waals surface area (Å²) in [4.78, 5) is 21.4.